The molecule has 0 aliphatic rings. The average molecular weight is 389 g/mol. The largest absolute Gasteiger partial charge is 0.445 e. The number of alkyl halides is 1. The Labute approximate surface area is 128 Å². The van der Waals surface area contributed by atoms with Crippen LogP contribution in [-0.2, 0) is 0 Å². The van der Waals surface area contributed by atoms with Crippen molar-refractivity contribution in [1.29, 1.82) is 0 Å². The molecule has 1 aromatic rings. The molecule has 0 fully saturated rings. The Morgan fingerprint density at radius 3 is 2.63 bits per heavy atom. The molecule has 0 aliphatic carbocycles. The summed E-state index contributed by atoms with van der Waals surface area (Å²) in [6, 6.07) is 3.54. The summed E-state index contributed by atoms with van der Waals surface area (Å²) in [6.07, 6.45) is 0. The zero-order valence-corrected chi connectivity index (χ0v) is 12.7. The number of benzene rings is 1. The molecule has 19 heavy (non-hydrogen) atoms. The number of nitro benzene ring substituents is 1. The van der Waals surface area contributed by atoms with Gasteiger partial charge in [-0.3, -0.25) is 10.1 Å². The predicted octanol–water partition coefficient (Wildman–Crippen LogP) is 4.95. The van der Waals surface area contributed by atoms with E-state index < -0.39 is 38.1 Å². The maximum Gasteiger partial charge on any atom is 0.316 e. The van der Waals surface area contributed by atoms with Gasteiger partial charge in [0.1, 0.15) is 24.3 Å². The van der Waals surface area contributed by atoms with Gasteiger partial charge in [-0.25, -0.2) is 0 Å². The van der Waals surface area contributed by atoms with Gasteiger partial charge in [0, 0.05) is 6.07 Å². The molecule has 0 amide bonds. The SMILES string of the molecule is O=[N+]([O-])c1cc(N=C=S)ccc1OC(Br)(SF)SF. The number of nitrogens with zero attached hydrogens (tertiary/aromatic N) is 2. The van der Waals surface area contributed by atoms with Gasteiger partial charge in [-0.15, -0.1) is 0 Å². The van der Waals surface area contributed by atoms with Crippen LogP contribution < -0.4 is 4.74 Å². The Hall–Kier alpha value is -0.740. The van der Waals surface area contributed by atoms with Gasteiger partial charge in [-0.05, 0) is 40.3 Å². The number of rotatable bonds is 6. The van der Waals surface area contributed by atoms with Crippen LogP contribution in [0, 0.1) is 10.1 Å². The molecular weight excluding hydrogens is 386 g/mol. The Balaban J connectivity index is 3.20. The molecular formula is C8H3BrF2N2O3S3. The van der Waals surface area contributed by atoms with Gasteiger partial charge in [0.25, 0.3) is 0 Å². The standard InChI is InChI=1S/C8H3BrF2N2O3S3/c9-8(18-10,19-11)16-7-2-1-5(12-4-17)3-6(7)13(14)15/h1-3H. The third-order valence-electron chi connectivity index (χ3n) is 1.73. The zero-order valence-electron chi connectivity index (χ0n) is 8.71. The summed E-state index contributed by atoms with van der Waals surface area (Å²) in [7, 11) is 0. The molecule has 0 aromatic heterocycles. The van der Waals surface area contributed by atoms with E-state index in [1.165, 1.54) is 6.07 Å². The number of hydrogen-bond donors (Lipinski definition) is 0. The number of isothiocyanates is 1. The summed E-state index contributed by atoms with van der Waals surface area (Å²) >= 11 is 6.02. The minimum absolute atomic E-state index is 0.176. The van der Waals surface area contributed by atoms with E-state index in [1.54, 1.807) is 0 Å². The van der Waals surface area contributed by atoms with Crippen LogP contribution in [0.1, 0.15) is 0 Å². The minimum Gasteiger partial charge on any atom is -0.445 e. The second-order valence-corrected chi connectivity index (χ2v) is 6.92. The molecule has 0 spiro atoms. The molecule has 0 unspecified atom stereocenters. The van der Waals surface area contributed by atoms with E-state index in [0.717, 1.165) is 12.1 Å². The van der Waals surface area contributed by atoms with Crippen LogP contribution in [0.2, 0.25) is 0 Å². The fourth-order valence-electron chi connectivity index (χ4n) is 1.03. The highest BCUT2D eigenvalue weighted by Gasteiger charge is 2.36. The first kappa shape index (κ1) is 16.3. The molecule has 0 saturated heterocycles. The van der Waals surface area contributed by atoms with Gasteiger partial charge in [0.2, 0.25) is 5.75 Å². The predicted molar refractivity (Wildman–Crippen MR) is 77.5 cm³/mol. The summed E-state index contributed by atoms with van der Waals surface area (Å²) in [5.41, 5.74) is -0.326. The lowest BCUT2D eigenvalue weighted by Gasteiger charge is -2.18. The Morgan fingerprint density at radius 1 is 1.53 bits per heavy atom. The van der Waals surface area contributed by atoms with Gasteiger partial charge >= 0.3 is 8.86 Å². The van der Waals surface area contributed by atoms with Crippen molar-refractivity contribution in [3.8, 4) is 5.75 Å². The van der Waals surface area contributed by atoms with Crippen molar-refractivity contribution in [2.45, 2.75) is 3.17 Å². The number of aliphatic imine (C=N–C) groups is 1. The Kier molecular flexibility index (Phi) is 6.14. The quantitative estimate of drug-likeness (QED) is 0.171. The van der Waals surface area contributed by atoms with Gasteiger partial charge in [-0.2, -0.15) is 12.8 Å². The molecule has 0 saturated carbocycles. The van der Waals surface area contributed by atoms with Crippen LogP contribution >= 0.6 is 52.4 Å². The van der Waals surface area contributed by atoms with Crippen molar-refractivity contribution in [3.63, 3.8) is 0 Å². The maximum absolute atomic E-state index is 12.5. The van der Waals surface area contributed by atoms with E-state index in [2.05, 4.69) is 33.1 Å². The highest BCUT2D eigenvalue weighted by Crippen LogP contribution is 2.47. The van der Waals surface area contributed by atoms with Gasteiger partial charge < -0.3 is 4.74 Å². The van der Waals surface area contributed by atoms with Crippen molar-refractivity contribution < 1.29 is 17.4 Å². The van der Waals surface area contributed by atoms with Gasteiger partial charge in [0.05, 0.1) is 15.8 Å². The first-order valence-electron chi connectivity index (χ1n) is 4.29. The van der Waals surface area contributed by atoms with E-state index >= 15 is 0 Å². The lowest BCUT2D eigenvalue weighted by molar-refractivity contribution is -0.385. The van der Waals surface area contributed by atoms with Gasteiger partial charge in [0.15, 0.2) is 0 Å². The van der Waals surface area contributed by atoms with Crippen molar-refractivity contribution in [2.24, 2.45) is 4.99 Å². The molecule has 0 aliphatic heterocycles. The molecule has 0 atom stereocenters. The average Bonchev–Trinajstić information content (AvgIpc) is 2.40. The molecule has 102 valence electrons. The van der Waals surface area contributed by atoms with Gasteiger partial charge in [-0.1, -0.05) is 0 Å². The summed E-state index contributed by atoms with van der Waals surface area (Å²) in [4.78, 5) is 13.7. The van der Waals surface area contributed by atoms with Crippen LogP contribution in [0.5, 0.6) is 5.75 Å². The Bertz CT molecular complexity index is 538. The van der Waals surface area contributed by atoms with Crippen molar-refractivity contribution in [1.82, 2.24) is 0 Å². The number of ether oxygens (including phenoxy) is 1. The third-order valence-corrected chi connectivity index (χ3v) is 3.63. The van der Waals surface area contributed by atoms with Crippen LogP contribution in [-0.4, -0.2) is 13.3 Å². The van der Waals surface area contributed by atoms with E-state index in [4.69, 9.17) is 4.74 Å². The number of halogens is 3. The first-order valence-corrected chi connectivity index (χ1v) is 6.93. The number of hydrogen-bond acceptors (Lipinski definition) is 7. The van der Waals surface area contributed by atoms with Crippen LogP contribution in [0.25, 0.3) is 0 Å². The molecule has 5 nitrogen and oxygen atoms in total. The molecule has 0 heterocycles. The zero-order chi connectivity index (χ0) is 14.5. The fraction of sp³-hybridized carbons (Fsp3) is 0.125. The molecule has 1 rings (SSSR count). The minimum atomic E-state index is -2.10. The van der Waals surface area contributed by atoms with Crippen molar-refractivity contribution >= 4 is 69.0 Å². The second-order valence-electron chi connectivity index (χ2n) is 2.85. The van der Waals surface area contributed by atoms with E-state index in [1.807, 2.05) is 5.16 Å². The summed E-state index contributed by atoms with van der Waals surface area (Å²) in [5.74, 6) is -0.319. The highest BCUT2D eigenvalue weighted by molar-refractivity contribution is 9.13. The molecule has 11 heteroatoms. The maximum atomic E-state index is 12.5. The Morgan fingerprint density at radius 2 is 2.16 bits per heavy atom. The molecule has 0 radical (unpaired) electrons. The smallest absolute Gasteiger partial charge is 0.316 e. The molecule has 1 aromatic carbocycles. The van der Waals surface area contributed by atoms with Crippen molar-refractivity contribution in [2.75, 3.05) is 0 Å². The topological polar surface area (TPSA) is 64.7 Å². The van der Waals surface area contributed by atoms with E-state index in [9.17, 15) is 17.9 Å². The van der Waals surface area contributed by atoms with Crippen LogP contribution in [0.3, 0.4) is 0 Å². The summed E-state index contributed by atoms with van der Waals surface area (Å²) in [6.45, 7) is 0. The fourth-order valence-corrected chi connectivity index (χ4v) is 1.65. The summed E-state index contributed by atoms with van der Waals surface area (Å²) < 4.78 is 27.8. The van der Waals surface area contributed by atoms with E-state index in [-0.39, 0.29) is 11.4 Å². The normalized spacial score (nSPS) is 10.7. The third kappa shape index (κ3) is 4.39. The molecule has 0 bridgehead atoms. The van der Waals surface area contributed by atoms with Crippen molar-refractivity contribution in [3.05, 3.63) is 28.3 Å². The highest BCUT2D eigenvalue weighted by atomic mass is 79.9. The van der Waals surface area contributed by atoms with Crippen LogP contribution in [0.15, 0.2) is 23.2 Å². The second kappa shape index (κ2) is 7.15. The first-order chi connectivity index (χ1) is 8.95. The molecule has 0 N–H and O–H groups in total. The summed E-state index contributed by atoms with van der Waals surface area (Å²) in [5, 5.41) is 12.9. The number of nitro groups is 1. The monoisotopic (exact) mass is 388 g/mol. The van der Waals surface area contributed by atoms with E-state index in [0.29, 0.717) is 0 Å². The van der Waals surface area contributed by atoms with Crippen LogP contribution in [0.4, 0.5) is 19.1 Å². The lowest BCUT2D eigenvalue weighted by Crippen LogP contribution is -2.17. The lowest BCUT2D eigenvalue weighted by atomic mass is 10.2. The number of thiocarbonyl (C=S) groups is 1.